The van der Waals surface area contributed by atoms with Crippen molar-refractivity contribution in [2.24, 2.45) is 7.05 Å². The predicted octanol–water partition coefficient (Wildman–Crippen LogP) is 2.41. The van der Waals surface area contributed by atoms with Crippen molar-refractivity contribution in [3.8, 4) is 17.1 Å². The second-order valence-electron chi connectivity index (χ2n) is 4.39. The molecule has 0 atom stereocenters. The molecular formula is C13H11ClFN5O. The van der Waals surface area contributed by atoms with Crippen LogP contribution in [-0.2, 0) is 7.05 Å². The van der Waals surface area contributed by atoms with Gasteiger partial charge in [0.25, 0.3) is 0 Å². The van der Waals surface area contributed by atoms with E-state index in [2.05, 4.69) is 15.0 Å². The molecule has 0 spiro atoms. The number of imidazole rings is 1. The average molecular weight is 308 g/mol. The van der Waals surface area contributed by atoms with Crippen molar-refractivity contribution in [1.29, 1.82) is 0 Å². The molecule has 21 heavy (non-hydrogen) atoms. The highest BCUT2D eigenvalue weighted by Crippen LogP contribution is 2.29. The van der Waals surface area contributed by atoms with E-state index in [0.717, 1.165) is 0 Å². The van der Waals surface area contributed by atoms with Gasteiger partial charge >= 0.3 is 0 Å². The first-order chi connectivity index (χ1) is 10.0. The van der Waals surface area contributed by atoms with E-state index in [9.17, 15) is 4.39 Å². The highest BCUT2D eigenvalue weighted by molar-refractivity contribution is 6.33. The fourth-order valence-electron chi connectivity index (χ4n) is 2.11. The summed E-state index contributed by atoms with van der Waals surface area (Å²) in [7, 11) is 3.15. The van der Waals surface area contributed by atoms with Crippen LogP contribution in [-0.4, -0.2) is 26.6 Å². The number of aromatic nitrogens is 4. The number of rotatable bonds is 2. The van der Waals surface area contributed by atoms with Crippen LogP contribution in [0.25, 0.3) is 22.6 Å². The molecule has 0 saturated heterocycles. The van der Waals surface area contributed by atoms with E-state index < -0.39 is 5.82 Å². The van der Waals surface area contributed by atoms with Gasteiger partial charge in [0.2, 0.25) is 5.95 Å². The van der Waals surface area contributed by atoms with Crippen molar-refractivity contribution in [1.82, 2.24) is 19.5 Å². The number of aryl methyl sites for hydroxylation is 1. The number of nitrogen functional groups attached to an aromatic ring is 1. The summed E-state index contributed by atoms with van der Waals surface area (Å²) in [5.74, 6) is 0.259. The number of methoxy groups -OCH3 is 1. The summed E-state index contributed by atoms with van der Waals surface area (Å²) in [5.41, 5.74) is 7.05. The molecule has 0 bridgehead atoms. The minimum atomic E-state index is -0.473. The monoisotopic (exact) mass is 307 g/mol. The van der Waals surface area contributed by atoms with Crippen molar-refractivity contribution in [2.75, 3.05) is 12.8 Å². The molecule has 108 valence electrons. The molecule has 2 N–H and O–H groups in total. The van der Waals surface area contributed by atoms with E-state index in [4.69, 9.17) is 22.1 Å². The van der Waals surface area contributed by atoms with E-state index in [1.807, 2.05) is 0 Å². The second kappa shape index (κ2) is 4.85. The number of anilines is 1. The Hall–Kier alpha value is -2.41. The fourth-order valence-corrected chi connectivity index (χ4v) is 2.32. The number of nitrogens with zero attached hydrogens (tertiary/aromatic N) is 4. The van der Waals surface area contributed by atoms with E-state index in [-0.39, 0.29) is 16.9 Å². The summed E-state index contributed by atoms with van der Waals surface area (Å²) in [4.78, 5) is 12.3. The Morgan fingerprint density at radius 1 is 1.29 bits per heavy atom. The predicted molar refractivity (Wildman–Crippen MR) is 77.7 cm³/mol. The standard InChI is InChI=1S/C13H11ClFN5O/c1-20-11(6-3-4-8(21-2)7(15)5-6)17-9-10(14)18-13(16)19-12(9)20/h3-5H,1-2H3,(H2,16,18,19). The van der Waals surface area contributed by atoms with Gasteiger partial charge in [-0.25, -0.2) is 9.37 Å². The van der Waals surface area contributed by atoms with Crippen LogP contribution in [0.4, 0.5) is 10.3 Å². The van der Waals surface area contributed by atoms with Crippen molar-refractivity contribution >= 4 is 28.7 Å². The van der Waals surface area contributed by atoms with Gasteiger partial charge in [-0.15, -0.1) is 0 Å². The van der Waals surface area contributed by atoms with Crippen LogP contribution in [0.3, 0.4) is 0 Å². The Kier molecular flexibility index (Phi) is 3.13. The van der Waals surface area contributed by atoms with Crippen molar-refractivity contribution < 1.29 is 9.13 Å². The maximum Gasteiger partial charge on any atom is 0.223 e. The normalized spacial score (nSPS) is 11.0. The molecule has 0 amide bonds. The number of ether oxygens (including phenoxy) is 1. The molecule has 1 aromatic carbocycles. The quantitative estimate of drug-likeness (QED) is 0.736. The maximum atomic E-state index is 13.8. The fraction of sp³-hybridized carbons (Fsp3) is 0.154. The Bertz CT molecular complexity index is 848. The molecule has 2 aromatic heterocycles. The van der Waals surface area contributed by atoms with Gasteiger partial charge in [-0.1, -0.05) is 11.6 Å². The summed E-state index contributed by atoms with van der Waals surface area (Å²) < 4.78 is 20.4. The smallest absolute Gasteiger partial charge is 0.223 e. The SMILES string of the molecule is COc1ccc(-c2nc3c(Cl)nc(N)nc3n2C)cc1F. The van der Waals surface area contributed by atoms with E-state index in [1.165, 1.54) is 19.2 Å². The van der Waals surface area contributed by atoms with E-state index in [1.54, 1.807) is 17.7 Å². The molecule has 0 aliphatic rings. The third-order valence-corrected chi connectivity index (χ3v) is 3.37. The zero-order valence-corrected chi connectivity index (χ0v) is 12.0. The van der Waals surface area contributed by atoms with Gasteiger partial charge < -0.3 is 15.0 Å². The molecule has 0 fully saturated rings. The molecule has 2 heterocycles. The van der Waals surface area contributed by atoms with Crippen LogP contribution in [0.1, 0.15) is 0 Å². The van der Waals surface area contributed by atoms with Crippen LogP contribution >= 0.6 is 11.6 Å². The first kappa shape index (κ1) is 13.6. The Labute approximate surface area is 124 Å². The summed E-state index contributed by atoms with van der Waals surface area (Å²) in [6.45, 7) is 0. The molecule has 8 heteroatoms. The molecule has 3 rings (SSSR count). The van der Waals surface area contributed by atoms with Crippen LogP contribution in [0, 0.1) is 5.82 Å². The van der Waals surface area contributed by atoms with Gasteiger partial charge in [0.15, 0.2) is 22.4 Å². The largest absolute Gasteiger partial charge is 0.494 e. The number of nitrogens with two attached hydrogens (primary N) is 1. The lowest BCUT2D eigenvalue weighted by Crippen LogP contribution is -1.99. The summed E-state index contributed by atoms with van der Waals surface area (Å²) in [5, 5.41) is 0.160. The number of hydrogen-bond donors (Lipinski definition) is 1. The second-order valence-corrected chi connectivity index (χ2v) is 4.75. The van der Waals surface area contributed by atoms with Crippen LogP contribution in [0.15, 0.2) is 18.2 Å². The maximum absolute atomic E-state index is 13.8. The van der Waals surface area contributed by atoms with Crippen molar-refractivity contribution in [2.45, 2.75) is 0 Å². The molecule has 0 unspecified atom stereocenters. The zero-order valence-electron chi connectivity index (χ0n) is 11.3. The highest BCUT2D eigenvalue weighted by Gasteiger charge is 2.16. The molecule has 6 nitrogen and oxygen atoms in total. The molecule has 0 radical (unpaired) electrons. The van der Waals surface area contributed by atoms with Gasteiger partial charge in [-0.05, 0) is 18.2 Å². The lowest BCUT2D eigenvalue weighted by molar-refractivity contribution is 0.386. The Morgan fingerprint density at radius 3 is 2.71 bits per heavy atom. The topological polar surface area (TPSA) is 78.8 Å². The third kappa shape index (κ3) is 2.15. The van der Waals surface area contributed by atoms with Crippen LogP contribution in [0.5, 0.6) is 5.75 Å². The molecule has 0 aliphatic heterocycles. The van der Waals surface area contributed by atoms with Gasteiger partial charge in [0.1, 0.15) is 11.3 Å². The number of fused-ring (bicyclic) bond motifs is 1. The van der Waals surface area contributed by atoms with Gasteiger partial charge in [0, 0.05) is 12.6 Å². The first-order valence-corrected chi connectivity index (χ1v) is 6.38. The van der Waals surface area contributed by atoms with E-state index in [0.29, 0.717) is 22.6 Å². The summed E-state index contributed by atoms with van der Waals surface area (Å²) in [6.07, 6.45) is 0. The number of hydrogen-bond acceptors (Lipinski definition) is 5. The minimum Gasteiger partial charge on any atom is -0.494 e. The molecular weight excluding hydrogens is 297 g/mol. The Morgan fingerprint density at radius 2 is 2.05 bits per heavy atom. The van der Waals surface area contributed by atoms with E-state index >= 15 is 0 Å². The van der Waals surface area contributed by atoms with Gasteiger partial charge in [-0.3, -0.25) is 0 Å². The first-order valence-electron chi connectivity index (χ1n) is 6.00. The summed E-state index contributed by atoms with van der Waals surface area (Å²) >= 11 is 6.01. The molecule has 0 aliphatic carbocycles. The number of halogens is 2. The minimum absolute atomic E-state index is 0.0583. The number of benzene rings is 1. The molecule has 3 aromatic rings. The summed E-state index contributed by atoms with van der Waals surface area (Å²) in [6, 6.07) is 4.57. The highest BCUT2D eigenvalue weighted by atomic mass is 35.5. The zero-order chi connectivity index (χ0) is 15.1. The van der Waals surface area contributed by atoms with Crippen LogP contribution < -0.4 is 10.5 Å². The average Bonchev–Trinajstić information content (AvgIpc) is 2.77. The third-order valence-electron chi connectivity index (χ3n) is 3.10. The lowest BCUT2D eigenvalue weighted by Gasteiger charge is -2.05. The van der Waals surface area contributed by atoms with Crippen LogP contribution in [0.2, 0.25) is 5.15 Å². The van der Waals surface area contributed by atoms with Crippen molar-refractivity contribution in [3.63, 3.8) is 0 Å². The van der Waals surface area contributed by atoms with Gasteiger partial charge in [0.05, 0.1) is 7.11 Å². The van der Waals surface area contributed by atoms with Crippen molar-refractivity contribution in [3.05, 3.63) is 29.2 Å². The van der Waals surface area contributed by atoms with Gasteiger partial charge in [-0.2, -0.15) is 9.97 Å². The molecule has 0 saturated carbocycles. The Balaban J connectivity index is 2.23. The lowest BCUT2D eigenvalue weighted by atomic mass is 10.2.